The number of hydrogen-bond donors (Lipinski definition) is 2. The van der Waals surface area contributed by atoms with Gasteiger partial charge in [0.1, 0.15) is 0 Å². The van der Waals surface area contributed by atoms with Gasteiger partial charge in [0.15, 0.2) is 0 Å². The second kappa shape index (κ2) is 9.44. The van der Waals surface area contributed by atoms with E-state index < -0.39 is 12.2 Å². The van der Waals surface area contributed by atoms with Crippen molar-refractivity contribution in [3.05, 3.63) is 0 Å². The predicted octanol–water partition coefficient (Wildman–Crippen LogP) is 0.450. The summed E-state index contributed by atoms with van der Waals surface area (Å²) in [6, 6.07) is 0. The van der Waals surface area contributed by atoms with Gasteiger partial charge >= 0.3 is 12.2 Å². The Morgan fingerprint density at radius 3 is 1.69 bits per heavy atom. The molecule has 0 saturated heterocycles. The van der Waals surface area contributed by atoms with Crippen molar-refractivity contribution in [2.75, 3.05) is 13.2 Å². The lowest BCUT2D eigenvalue weighted by molar-refractivity contribution is 0.151. The van der Waals surface area contributed by atoms with E-state index in [4.69, 9.17) is 0 Å². The molecule has 8 nitrogen and oxygen atoms in total. The molecule has 0 aliphatic rings. The van der Waals surface area contributed by atoms with Crippen LogP contribution < -0.4 is 10.9 Å². The molecule has 0 aliphatic heterocycles. The molecule has 0 heterocycles. The highest BCUT2D eigenvalue weighted by atomic mass is 16.6. The quantitative estimate of drug-likeness (QED) is 0.528. The van der Waals surface area contributed by atoms with Gasteiger partial charge in [-0.1, -0.05) is 0 Å². The highest BCUT2D eigenvalue weighted by Gasteiger charge is 1.95. The van der Waals surface area contributed by atoms with Gasteiger partial charge in [-0.2, -0.15) is 10.2 Å². The predicted molar refractivity (Wildman–Crippen MR) is 57.3 cm³/mol. The number of hydrazone groups is 2. The minimum Gasteiger partial charge on any atom is -0.449 e. The number of carbonyl (C=O) groups is 2. The molecule has 0 aromatic heterocycles. The number of amides is 2. The fraction of sp³-hybridized carbons (Fsp3) is 0.500. The van der Waals surface area contributed by atoms with E-state index in [1.165, 1.54) is 12.4 Å². The minimum absolute atomic E-state index is 0.264. The van der Waals surface area contributed by atoms with Crippen LogP contribution in [0.1, 0.15) is 13.8 Å². The van der Waals surface area contributed by atoms with Gasteiger partial charge in [-0.05, 0) is 13.8 Å². The van der Waals surface area contributed by atoms with Gasteiger partial charge in [0.05, 0.1) is 25.6 Å². The Morgan fingerprint density at radius 2 is 1.38 bits per heavy atom. The Balaban J connectivity index is 3.63. The second-order valence-corrected chi connectivity index (χ2v) is 2.22. The third kappa shape index (κ3) is 8.48. The van der Waals surface area contributed by atoms with E-state index in [-0.39, 0.29) is 13.2 Å². The molecular weight excluding hydrogens is 216 g/mol. The Bertz CT molecular complexity index is 249. The molecule has 0 atom stereocenters. The maximum atomic E-state index is 10.7. The van der Waals surface area contributed by atoms with E-state index in [0.29, 0.717) is 0 Å². The third-order valence-electron chi connectivity index (χ3n) is 1.08. The average molecular weight is 230 g/mol. The molecule has 90 valence electrons. The van der Waals surface area contributed by atoms with Crippen molar-refractivity contribution in [3.8, 4) is 0 Å². The van der Waals surface area contributed by atoms with E-state index in [9.17, 15) is 9.59 Å². The van der Waals surface area contributed by atoms with Gasteiger partial charge in [0.2, 0.25) is 0 Å². The number of rotatable bonds is 5. The van der Waals surface area contributed by atoms with E-state index >= 15 is 0 Å². The van der Waals surface area contributed by atoms with Crippen LogP contribution in [0.5, 0.6) is 0 Å². The van der Waals surface area contributed by atoms with Crippen LogP contribution in [-0.2, 0) is 9.47 Å². The Labute approximate surface area is 92.7 Å². The van der Waals surface area contributed by atoms with Crippen LogP contribution in [0, 0.1) is 0 Å². The van der Waals surface area contributed by atoms with Gasteiger partial charge in [-0.15, -0.1) is 0 Å². The van der Waals surface area contributed by atoms with Gasteiger partial charge in [0, 0.05) is 0 Å². The number of ether oxygens (including phenoxy) is 2. The van der Waals surface area contributed by atoms with Crippen molar-refractivity contribution in [2.24, 2.45) is 10.2 Å². The number of hydrogen-bond acceptors (Lipinski definition) is 6. The summed E-state index contributed by atoms with van der Waals surface area (Å²) in [5.74, 6) is 0. The van der Waals surface area contributed by atoms with Gasteiger partial charge in [-0.25, -0.2) is 20.4 Å². The zero-order chi connectivity index (χ0) is 12.2. The first kappa shape index (κ1) is 13.9. The maximum absolute atomic E-state index is 10.7. The normalized spacial score (nSPS) is 10.4. The van der Waals surface area contributed by atoms with Crippen LogP contribution in [0.15, 0.2) is 10.2 Å². The van der Waals surface area contributed by atoms with Crippen molar-refractivity contribution >= 4 is 24.6 Å². The average Bonchev–Trinajstić information content (AvgIpc) is 2.24. The molecule has 0 spiro atoms. The first-order valence-corrected chi connectivity index (χ1v) is 4.61. The topological polar surface area (TPSA) is 101 Å². The molecule has 0 rings (SSSR count). The highest BCUT2D eigenvalue weighted by molar-refractivity contribution is 6.16. The monoisotopic (exact) mass is 230 g/mol. The largest absolute Gasteiger partial charge is 0.449 e. The number of nitrogens with one attached hydrogen (secondary N) is 2. The molecule has 16 heavy (non-hydrogen) atoms. The Morgan fingerprint density at radius 1 is 1.00 bits per heavy atom. The van der Waals surface area contributed by atoms with Crippen LogP contribution in [-0.4, -0.2) is 37.8 Å². The van der Waals surface area contributed by atoms with E-state index in [2.05, 4.69) is 30.5 Å². The second-order valence-electron chi connectivity index (χ2n) is 2.22. The van der Waals surface area contributed by atoms with Crippen molar-refractivity contribution < 1.29 is 19.1 Å². The summed E-state index contributed by atoms with van der Waals surface area (Å²) >= 11 is 0. The fourth-order valence-corrected chi connectivity index (χ4v) is 0.573. The first-order valence-electron chi connectivity index (χ1n) is 4.61. The zero-order valence-corrected chi connectivity index (χ0v) is 9.10. The molecule has 0 unspecified atom stereocenters. The molecule has 2 N–H and O–H groups in total. The minimum atomic E-state index is -0.662. The molecule has 0 radical (unpaired) electrons. The van der Waals surface area contributed by atoms with Gasteiger partial charge < -0.3 is 9.47 Å². The van der Waals surface area contributed by atoms with Gasteiger partial charge in [0.25, 0.3) is 0 Å². The Kier molecular flexibility index (Phi) is 8.19. The molecule has 8 heteroatoms. The fourth-order valence-electron chi connectivity index (χ4n) is 0.573. The van der Waals surface area contributed by atoms with Crippen LogP contribution in [0.3, 0.4) is 0 Å². The van der Waals surface area contributed by atoms with Crippen LogP contribution in [0.2, 0.25) is 0 Å². The summed E-state index contributed by atoms with van der Waals surface area (Å²) in [5, 5.41) is 6.88. The van der Waals surface area contributed by atoms with E-state index in [1.807, 2.05) is 0 Å². The summed E-state index contributed by atoms with van der Waals surface area (Å²) in [7, 11) is 0. The summed E-state index contributed by atoms with van der Waals surface area (Å²) in [6.07, 6.45) is 1.02. The molecule has 0 aromatic carbocycles. The molecule has 0 fully saturated rings. The van der Waals surface area contributed by atoms with Crippen molar-refractivity contribution in [1.82, 2.24) is 10.9 Å². The van der Waals surface area contributed by atoms with Crippen LogP contribution >= 0.6 is 0 Å². The zero-order valence-electron chi connectivity index (χ0n) is 9.10. The van der Waals surface area contributed by atoms with Crippen molar-refractivity contribution in [1.29, 1.82) is 0 Å². The van der Waals surface area contributed by atoms with Crippen molar-refractivity contribution in [2.45, 2.75) is 13.8 Å². The number of carbonyl (C=O) groups excluding carboxylic acids is 2. The molecule has 0 aromatic rings. The van der Waals surface area contributed by atoms with E-state index in [1.54, 1.807) is 13.8 Å². The van der Waals surface area contributed by atoms with E-state index in [0.717, 1.165) is 0 Å². The third-order valence-corrected chi connectivity index (χ3v) is 1.08. The molecular formula is C8H14N4O4. The number of nitrogens with zero attached hydrogens (tertiary/aromatic N) is 2. The summed E-state index contributed by atoms with van der Waals surface area (Å²) in [5.41, 5.74) is 4.14. The van der Waals surface area contributed by atoms with Crippen LogP contribution in [0.4, 0.5) is 9.59 Å². The smallest absolute Gasteiger partial charge is 0.427 e. The summed E-state index contributed by atoms with van der Waals surface area (Å²) < 4.78 is 9.04. The SMILES string of the molecule is CCOC(=O)N/N=C/C=N/NC(=O)OCC. The lowest BCUT2D eigenvalue weighted by Gasteiger charge is -1.98. The molecule has 0 saturated carbocycles. The summed E-state index contributed by atoms with van der Waals surface area (Å²) in [4.78, 5) is 21.4. The van der Waals surface area contributed by atoms with Crippen molar-refractivity contribution in [3.63, 3.8) is 0 Å². The standard InChI is InChI=1S/C8H14N4O4/c1-3-15-7(13)11-9-5-6-10-12-8(14)16-4-2/h5-6H,3-4H2,1-2H3,(H,11,13)(H,12,14)/b9-5+,10-6+. The highest BCUT2D eigenvalue weighted by Crippen LogP contribution is 1.75. The van der Waals surface area contributed by atoms with Gasteiger partial charge in [-0.3, -0.25) is 0 Å². The lowest BCUT2D eigenvalue weighted by Crippen LogP contribution is -2.20. The Hall–Kier alpha value is -2.12. The lowest BCUT2D eigenvalue weighted by atomic mass is 10.8. The first-order chi connectivity index (χ1) is 7.70. The molecule has 2 amide bonds. The maximum Gasteiger partial charge on any atom is 0.427 e. The molecule has 0 bridgehead atoms. The molecule has 0 aliphatic carbocycles. The summed E-state index contributed by atoms with van der Waals surface area (Å²) in [6.45, 7) is 3.88. The van der Waals surface area contributed by atoms with Crippen LogP contribution in [0.25, 0.3) is 0 Å².